The van der Waals surface area contributed by atoms with Gasteiger partial charge in [0.05, 0.1) is 0 Å². The maximum absolute atomic E-state index is 12.4. The topological polar surface area (TPSA) is 67.5 Å². The molecule has 0 unspecified atom stereocenters. The van der Waals surface area contributed by atoms with Crippen LogP contribution in [0.25, 0.3) is 5.57 Å². The first-order chi connectivity index (χ1) is 10.6. The fourth-order valence-corrected chi connectivity index (χ4v) is 2.56. The van der Waals surface area contributed by atoms with Crippen LogP contribution in [-0.2, 0) is 0 Å². The van der Waals surface area contributed by atoms with Crippen LogP contribution in [0.1, 0.15) is 22.3 Å². The van der Waals surface area contributed by atoms with Crippen molar-refractivity contribution in [3.05, 3.63) is 71.2 Å². The minimum atomic E-state index is -0.133. The summed E-state index contributed by atoms with van der Waals surface area (Å²) in [6, 6.07) is 10.3. The van der Waals surface area contributed by atoms with E-state index in [4.69, 9.17) is 0 Å². The number of amides is 1. The number of benzene rings is 1. The fraction of sp³-hybridized carbons (Fsp3) is 0.176. The SMILES string of the molecule is O=C(c1ccc[n+]([O-])c1)N1CC=C(c2ccc(O)cc2)CC1. The Bertz CT molecular complexity index is 723. The van der Waals surface area contributed by atoms with Crippen LogP contribution in [0.4, 0.5) is 0 Å². The van der Waals surface area contributed by atoms with Gasteiger partial charge in [0.15, 0.2) is 12.4 Å². The summed E-state index contributed by atoms with van der Waals surface area (Å²) < 4.78 is 0.634. The molecule has 5 nitrogen and oxygen atoms in total. The standard InChI is InChI=1S/C17H16N2O3/c20-16-5-3-13(4-6-16)14-7-10-18(11-8-14)17(21)15-2-1-9-19(22)12-15/h1-7,9,12,20H,8,10-11H2. The summed E-state index contributed by atoms with van der Waals surface area (Å²) in [4.78, 5) is 14.1. The Morgan fingerprint density at radius 2 is 2.00 bits per heavy atom. The van der Waals surface area contributed by atoms with Crippen LogP contribution in [0.3, 0.4) is 0 Å². The van der Waals surface area contributed by atoms with Crippen molar-refractivity contribution in [2.45, 2.75) is 6.42 Å². The Hall–Kier alpha value is -2.82. The lowest BCUT2D eigenvalue weighted by Crippen LogP contribution is -2.36. The molecular weight excluding hydrogens is 280 g/mol. The zero-order chi connectivity index (χ0) is 15.5. The van der Waals surface area contributed by atoms with Crippen molar-refractivity contribution in [1.29, 1.82) is 0 Å². The van der Waals surface area contributed by atoms with Crippen LogP contribution in [0, 0.1) is 5.21 Å². The average molecular weight is 296 g/mol. The van der Waals surface area contributed by atoms with Gasteiger partial charge >= 0.3 is 0 Å². The third-order valence-corrected chi connectivity index (χ3v) is 3.76. The molecular formula is C17H16N2O3. The molecule has 0 aliphatic carbocycles. The van der Waals surface area contributed by atoms with Crippen LogP contribution in [0.5, 0.6) is 5.75 Å². The van der Waals surface area contributed by atoms with Crippen LogP contribution >= 0.6 is 0 Å². The summed E-state index contributed by atoms with van der Waals surface area (Å²) in [5, 5.41) is 20.6. The normalized spacial score (nSPS) is 14.5. The Morgan fingerprint density at radius 3 is 2.64 bits per heavy atom. The van der Waals surface area contributed by atoms with Crippen molar-refractivity contribution in [2.75, 3.05) is 13.1 Å². The summed E-state index contributed by atoms with van der Waals surface area (Å²) >= 11 is 0. The number of phenolic OH excluding ortho intramolecular Hbond substituents is 1. The number of aromatic hydroxyl groups is 1. The highest BCUT2D eigenvalue weighted by atomic mass is 16.5. The second kappa shape index (κ2) is 5.89. The van der Waals surface area contributed by atoms with E-state index in [0.717, 1.165) is 17.6 Å². The third-order valence-electron chi connectivity index (χ3n) is 3.76. The molecule has 5 heteroatoms. The van der Waals surface area contributed by atoms with E-state index in [1.54, 1.807) is 29.2 Å². The number of hydrogen-bond donors (Lipinski definition) is 1. The van der Waals surface area contributed by atoms with Crippen molar-refractivity contribution in [1.82, 2.24) is 4.90 Å². The molecule has 1 aromatic heterocycles. The van der Waals surface area contributed by atoms with Gasteiger partial charge in [0.25, 0.3) is 5.91 Å². The number of rotatable bonds is 2. The van der Waals surface area contributed by atoms with Gasteiger partial charge in [-0.05, 0) is 35.8 Å². The largest absolute Gasteiger partial charge is 0.619 e. The minimum Gasteiger partial charge on any atom is -0.619 e. The zero-order valence-corrected chi connectivity index (χ0v) is 12.0. The molecule has 0 atom stereocenters. The Labute approximate surface area is 128 Å². The Morgan fingerprint density at radius 1 is 1.23 bits per heavy atom. The van der Waals surface area contributed by atoms with Gasteiger partial charge in [-0.25, -0.2) is 0 Å². The molecule has 0 saturated heterocycles. The summed E-state index contributed by atoms with van der Waals surface area (Å²) in [5.41, 5.74) is 2.62. The number of hydrogen-bond acceptors (Lipinski definition) is 3. The monoisotopic (exact) mass is 296 g/mol. The van der Waals surface area contributed by atoms with Gasteiger partial charge in [-0.2, -0.15) is 4.73 Å². The Balaban J connectivity index is 1.73. The van der Waals surface area contributed by atoms with Crippen LogP contribution in [0.2, 0.25) is 0 Å². The quantitative estimate of drug-likeness (QED) is 0.680. The molecule has 2 heterocycles. The molecule has 0 saturated carbocycles. The molecule has 22 heavy (non-hydrogen) atoms. The molecule has 1 aliphatic rings. The first-order valence-corrected chi connectivity index (χ1v) is 7.10. The van der Waals surface area contributed by atoms with E-state index in [0.29, 0.717) is 23.4 Å². The molecule has 112 valence electrons. The Kier molecular flexibility index (Phi) is 3.78. The summed E-state index contributed by atoms with van der Waals surface area (Å²) in [6.07, 6.45) is 5.42. The highest BCUT2D eigenvalue weighted by molar-refractivity contribution is 5.94. The number of pyridine rings is 1. The number of nitrogens with zero attached hydrogens (tertiary/aromatic N) is 2. The number of carbonyl (C=O) groups is 1. The van der Waals surface area contributed by atoms with Gasteiger partial charge in [-0.1, -0.05) is 18.2 Å². The molecule has 3 rings (SSSR count). The molecule has 1 aliphatic heterocycles. The summed E-state index contributed by atoms with van der Waals surface area (Å²) in [6.45, 7) is 1.13. The summed E-state index contributed by atoms with van der Waals surface area (Å²) in [7, 11) is 0. The van der Waals surface area contributed by atoms with E-state index < -0.39 is 0 Å². The van der Waals surface area contributed by atoms with Crippen LogP contribution in [0.15, 0.2) is 54.9 Å². The maximum Gasteiger partial charge on any atom is 0.260 e. The van der Waals surface area contributed by atoms with Gasteiger partial charge in [-0.15, -0.1) is 0 Å². The van der Waals surface area contributed by atoms with E-state index >= 15 is 0 Å². The summed E-state index contributed by atoms with van der Waals surface area (Å²) in [5.74, 6) is 0.109. The van der Waals surface area contributed by atoms with Crippen molar-refractivity contribution in [3.63, 3.8) is 0 Å². The van der Waals surface area contributed by atoms with E-state index in [2.05, 4.69) is 0 Å². The van der Waals surface area contributed by atoms with Crippen molar-refractivity contribution >= 4 is 11.5 Å². The predicted molar refractivity (Wildman–Crippen MR) is 82.0 cm³/mol. The molecule has 2 aromatic rings. The zero-order valence-electron chi connectivity index (χ0n) is 12.0. The van der Waals surface area contributed by atoms with Crippen LogP contribution < -0.4 is 4.73 Å². The highest BCUT2D eigenvalue weighted by Crippen LogP contribution is 2.24. The van der Waals surface area contributed by atoms with Gasteiger partial charge in [0.1, 0.15) is 11.3 Å². The minimum absolute atomic E-state index is 0.133. The number of phenols is 1. The molecule has 1 aromatic carbocycles. The van der Waals surface area contributed by atoms with Gasteiger partial charge in [0, 0.05) is 19.2 Å². The van der Waals surface area contributed by atoms with E-state index in [-0.39, 0.29) is 11.7 Å². The molecule has 0 spiro atoms. The predicted octanol–water partition coefficient (Wildman–Crippen LogP) is 1.96. The van der Waals surface area contributed by atoms with E-state index in [9.17, 15) is 15.1 Å². The molecule has 1 amide bonds. The number of aromatic nitrogens is 1. The molecule has 1 N–H and O–H groups in total. The second-order valence-corrected chi connectivity index (χ2v) is 5.23. The van der Waals surface area contributed by atoms with E-state index in [1.807, 2.05) is 18.2 Å². The highest BCUT2D eigenvalue weighted by Gasteiger charge is 2.20. The second-order valence-electron chi connectivity index (χ2n) is 5.23. The lowest BCUT2D eigenvalue weighted by molar-refractivity contribution is -0.605. The lowest BCUT2D eigenvalue weighted by atomic mass is 9.99. The lowest BCUT2D eigenvalue weighted by Gasteiger charge is -2.26. The fourth-order valence-electron chi connectivity index (χ4n) is 2.56. The van der Waals surface area contributed by atoms with Crippen molar-refractivity contribution < 1.29 is 14.6 Å². The van der Waals surface area contributed by atoms with E-state index in [1.165, 1.54) is 12.4 Å². The third kappa shape index (κ3) is 2.93. The smallest absolute Gasteiger partial charge is 0.260 e. The molecule has 0 radical (unpaired) electrons. The van der Waals surface area contributed by atoms with Gasteiger partial charge < -0.3 is 15.2 Å². The van der Waals surface area contributed by atoms with Gasteiger partial charge in [0.2, 0.25) is 0 Å². The number of carbonyl (C=O) groups excluding carboxylic acids is 1. The van der Waals surface area contributed by atoms with Crippen LogP contribution in [-0.4, -0.2) is 29.0 Å². The first kappa shape index (κ1) is 14.1. The molecule has 0 fully saturated rings. The van der Waals surface area contributed by atoms with Gasteiger partial charge in [-0.3, -0.25) is 4.79 Å². The maximum atomic E-state index is 12.4. The van der Waals surface area contributed by atoms with Crippen molar-refractivity contribution in [3.8, 4) is 5.75 Å². The average Bonchev–Trinajstić information content (AvgIpc) is 2.55. The first-order valence-electron chi connectivity index (χ1n) is 7.10. The van der Waals surface area contributed by atoms with Crippen molar-refractivity contribution in [2.24, 2.45) is 0 Å². The molecule has 0 bridgehead atoms.